The van der Waals surface area contributed by atoms with Crippen molar-refractivity contribution >= 4 is 11.8 Å². The zero-order chi connectivity index (χ0) is 12.4. The Kier molecular flexibility index (Phi) is 8.87. The van der Waals surface area contributed by atoms with E-state index in [1.807, 2.05) is 0 Å². The number of carbonyl (C=O) groups is 2. The molecule has 0 saturated heterocycles. The average molecular weight is 228 g/mol. The van der Waals surface area contributed by atoms with E-state index in [9.17, 15) is 9.59 Å². The molecule has 0 spiro atoms. The number of esters is 1. The topological polar surface area (TPSA) is 43.4 Å². The number of Topliss-reactive ketones (excluding diaryl/α,β-unsaturated/α-hetero) is 1. The van der Waals surface area contributed by atoms with Crippen molar-refractivity contribution in [3.63, 3.8) is 0 Å². The van der Waals surface area contributed by atoms with Crippen molar-refractivity contribution in [3.05, 3.63) is 0 Å². The highest BCUT2D eigenvalue weighted by molar-refractivity contribution is 5.78. The van der Waals surface area contributed by atoms with Crippen LogP contribution in [-0.2, 0) is 14.3 Å². The third-order valence-electron chi connectivity index (χ3n) is 2.29. The molecule has 0 heterocycles. The van der Waals surface area contributed by atoms with Gasteiger partial charge in [-0.25, -0.2) is 0 Å². The number of hydrogen-bond donors (Lipinski definition) is 0. The van der Waals surface area contributed by atoms with Gasteiger partial charge < -0.3 is 4.74 Å². The van der Waals surface area contributed by atoms with Gasteiger partial charge in [-0.1, -0.05) is 26.7 Å². The Hall–Kier alpha value is -0.860. The van der Waals surface area contributed by atoms with E-state index in [4.69, 9.17) is 4.74 Å². The fourth-order valence-electron chi connectivity index (χ4n) is 1.55. The third-order valence-corrected chi connectivity index (χ3v) is 2.29. The summed E-state index contributed by atoms with van der Waals surface area (Å²) in [5.41, 5.74) is 0. The van der Waals surface area contributed by atoms with E-state index in [1.165, 1.54) is 6.92 Å². The fraction of sp³-hybridized carbons (Fsp3) is 0.846. The minimum atomic E-state index is -0.216. The van der Waals surface area contributed by atoms with Crippen molar-refractivity contribution < 1.29 is 14.3 Å². The summed E-state index contributed by atoms with van der Waals surface area (Å²) in [5, 5.41) is 0. The number of rotatable bonds is 9. The lowest BCUT2D eigenvalue weighted by Gasteiger charge is -2.04. The highest BCUT2D eigenvalue weighted by Gasteiger charge is 2.04. The molecule has 16 heavy (non-hydrogen) atoms. The molecule has 0 atom stereocenters. The summed E-state index contributed by atoms with van der Waals surface area (Å²) in [6.45, 7) is 6.06. The van der Waals surface area contributed by atoms with Gasteiger partial charge >= 0.3 is 5.97 Å². The second-order valence-corrected chi connectivity index (χ2v) is 4.64. The first-order valence-corrected chi connectivity index (χ1v) is 6.17. The molecule has 0 aromatic rings. The van der Waals surface area contributed by atoms with Gasteiger partial charge in [0.05, 0.1) is 6.61 Å². The largest absolute Gasteiger partial charge is 0.466 e. The number of ketones is 1. The monoisotopic (exact) mass is 228 g/mol. The molecule has 0 N–H and O–H groups in total. The molecule has 0 aromatic carbocycles. The van der Waals surface area contributed by atoms with E-state index in [0.717, 1.165) is 25.7 Å². The maximum Gasteiger partial charge on any atom is 0.302 e. The summed E-state index contributed by atoms with van der Waals surface area (Å²) in [6.07, 6.45) is 5.34. The Morgan fingerprint density at radius 3 is 2.25 bits per heavy atom. The van der Waals surface area contributed by atoms with Crippen LogP contribution < -0.4 is 0 Å². The average Bonchev–Trinajstić information content (AvgIpc) is 2.14. The SMILES string of the molecule is CC(=O)OCCCCCCC(=O)CC(C)C. The smallest absolute Gasteiger partial charge is 0.302 e. The molecular formula is C13H24O3. The minimum absolute atomic E-state index is 0.216. The van der Waals surface area contributed by atoms with Crippen LogP contribution in [0.3, 0.4) is 0 Å². The van der Waals surface area contributed by atoms with Crippen molar-refractivity contribution in [1.29, 1.82) is 0 Å². The van der Waals surface area contributed by atoms with Gasteiger partial charge in [0.2, 0.25) is 0 Å². The van der Waals surface area contributed by atoms with Crippen LogP contribution >= 0.6 is 0 Å². The lowest BCUT2D eigenvalue weighted by Crippen LogP contribution is -2.03. The first-order valence-electron chi connectivity index (χ1n) is 6.17. The highest BCUT2D eigenvalue weighted by atomic mass is 16.5. The van der Waals surface area contributed by atoms with Gasteiger partial charge in [0.1, 0.15) is 5.78 Å². The van der Waals surface area contributed by atoms with Gasteiger partial charge in [-0.05, 0) is 18.8 Å². The molecule has 0 fully saturated rings. The molecule has 94 valence electrons. The van der Waals surface area contributed by atoms with Crippen LogP contribution in [0, 0.1) is 5.92 Å². The van der Waals surface area contributed by atoms with E-state index in [0.29, 0.717) is 31.1 Å². The lowest BCUT2D eigenvalue weighted by atomic mass is 10.0. The normalized spacial score (nSPS) is 10.5. The molecule has 0 saturated carbocycles. The molecule has 0 aliphatic carbocycles. The molecule has 3 nitrogen and oxygen atoms in total. The van der Waals surface area contributed by atoms with E-state index < -0.39 is 0 Å². The Morgan fingerprint density at radius 1 is 1.06 bits per heavy atom. The van der Waals surface area contributed by atoms with Crippen molar-refractivity contribution in [2.24, 2.45) is 5.92 Å². The first-order chi connectivity index (χ1) is 7.52. The molecule has 0 aromatic heterocycles. The van der Waals surface area contributed by atoms with E-state index in [1.54, 1.807) is 0 Å². The van der Waals surface area contributed by atoms with Gasteiger partial charge in [-0.3, -0.25) is 9.59 Å². The third kappa shape index (κ3) is 11.2. The molecule has 0 aliphatic rings. The van der Waals surface area contributed by atoms with Crippen LogP contribution in [0.25, 0.3) is 0 Å². The summed E-state index contributed by atoms with van der Waals surface area (Å²) in [5.74, 6) is 0.624. The summed E-state index contributed by atoms with van der Waals surface area (Å²) in [6, 6.07) is 0. The Balaban J connectivity index is 3.20. The van der Waals surface area contributed by atoms with Gasteiger partial charge in [0.25, 0.3) is 0 Å². The predicted octanol–water partition coefficient (Wildman–Crippen LogP) is 3.12. The number of ether oxygens (including phenoxy) is 1. The minimum Gasteiger partial charge on any atom is -0.466 e. The maximum atomic E-state index is 11.4. The summed E-state index contributed by atoms with van der Waals surface area (Å²) in [7, 11) is 0. The molecule has 0 rings (SSSR count). The summed E-state index contributed by atoms with van der Waals surface area (Å²) in [4.78, 5) is 21.8. The van der Waals surface area contributed by atoms with Crippen LogP contribution in [0.15, 0.2) is 0 Å². The van der Waals surface area contributed by atoms with E-state index in [-0.39, 0.29) is 5.97 Å². The lowest BCUT2D eigenvalue weighted by molar-refractivity contribution is -0.141. The van der Waals surface area contributed by atoms with Crippen LogP contribution in [-0.4, -0.2) is 18.4 Å². The maximum absolute atomic E-state index is 11.4. The Morgan fingerprint density at radius 2 is 1.69 bits per heavy atom. The zero-order valence-corrected chi connectivity index (χ0v) is 10.8. The predicted molar refractivity (Wildman–Crippen MR) is 64.2 cm³/mol. The fourth-order valence-corrected chi connectivity index (χ4v) is 1.55. The van der Waals surface area contributed by atoms with Crippen LogP contribution in [0.1, 0.15) is 59.3 Å². The second-order valence-electron chi connectivity index (χ2n) is 4.64. The zero-order valence-electron chi connectivity index (χ0n) is 10.8. The Bertz CT molecular complexity index is 209. The molecule has 0 unspecified atom stereocenters. The molecule has 0 amide bonds. The van der Waals surface area contributed by atoms with Crippen molar-refractivity contribution in [3.8, 4) is 0 Å². The molecule has 3 heteroatoms. The van der Waals surface area contributed by atoms with E-state index in [2.05, 4.69) is 13.8 Å². The van der Waals surface area contributed by atoms with Crippen molar-refractivity contribution in [2.45, 2.75) is 59.3 Å². The summed E-state index contributed by atoms with van der Waals surface area (Å²) >= 11 is 0. The van der Waals surface area contributed by atoms with Gasteiger partial charge in [-0.2, -0.15) is 0 Å². The molecular weight excluding hydrogens is 204 g/mol. The quantitative estimate of drug-likeness (QED) is 0.450. The number of hydrogen-bond acceptors (Lipinski definition) is 3. The number of unbranched alkanes of at least 4 members (excludes halogenated alkanes) is 3. The van der Waals surface area contributed by atoms with Crippen LogP contribution in [0.4, 0.5) is 0 Å². The Labute approximate surface area is 98.6 Å². The first kappa shape index (κ1) is 15.1. The van der Waals surface area contributed by atoms with Crippen LogP contribution in [0.5, 0.6) is 0 Å². The van der Waals surface area contributed by atoms with Crippen molar-refractivity contribution in [2.75, 3.05) is 6.61 Å². The summed E-state index contributed by atoms with van der Waals surface area (Å²) < 4.78 is 4.82. The van der Waals surface area contributed by atoms with Gasteiger partial charge in [0.15, 0.2) is 0 Å². The van der Waals surface area contributed by atoms with E-state index >= 15 is 0 Å². The molecule has 0 aliphatic heterocycles. The van der Waals surface area contributed by atoms with Gasteiger partial charge in [0, 0.05) is 19.8 Å². The van der Waals surface area contributed by atoms with Crippen LogP contribution in [0.2, 0.25) is 0 Å². The second kappa shape index (κ2) is 9.37. The van der Waals surface area contributed by atoms with Gasteiger partial charge in [-0.15, -0.1) is 0 Å². The molecule has 0 radical (unpaired) electrons. The highest BCUT2D eigenvalue weighted by Crippen LogP contribution is 2.08. The standard InChI is InChI=1S/C13H24O3/c1-11(2)10-13(15)8-6-4-5-7-9-16-12(3)14/h11H,4-10H2,1-3H3. The number of carbonyl (C=O) groups excluding carboxylic acids is 2. The molecule has 0 bridgehead atoms. The van der Waals surface area contributed by atoms with Crippen molar-refractivity contribution in [1.82, 2.24) is 0 Å².